The fraction of sp³-hybridized carbons (Fsp3) is 0.263. The molecular formula is C19H17ClN2O2S. The molecule has 0 atom stereocenters. The molecule has 128 valence electrons. The minimum atomic E-state index is -0.281. The Bertz CT molecular complexity index is 987. The number of benzene rings is 1. The van der Waals surface area contributed by atoms with Gasteiger partial charge in [-0.3, -0.25) is 0 Å². The molecule has 0 saturated heterocycles. The summed E-state index contributed by atoms with van der Waals surface area (Å²) >= 11 is 8.02. The number of rotatable bonds is 4. The fourth-order valence-corrected chi connectivity index (χ4v) is 4.72. The van der Waals surface area contributed by atoms with Crippen LogP contribution in [-0.2, 0) is 17.6 Å². The number of aromatic amines is 1. The molecule has 0 bridgehead atoms. The van der Waals surface area contributed by atoms with Gasteiger partial charge in [0.05, 0.1) is 29.1 Å². The minimum Gasteiger partial charge on any atom is -0.462 e. The summed E-state index contributed by atoms with van der Waals surface area (Å²) in [7, 11) is 0. The first-order valence-electron chi connectivity index (χ1n) is 8.31. The molecular weight excluding hydrogens is 356 g/mol. The van der Waals surface area contributed by atoms with Crippen molar-refractivity contribution in [2.45, 2.75) is 26.2 Å². The second-order valence-electron chi connectivity index (χ2n) is 5.91. The third kappa shape index (κ3) is 2.87. The third-order valence-corrected chi connectivity index (χ3v) is 5.97. The van der Waals surface area contributed by atoms with Crippen LogP contribution in [-0.4, -0.2) is 23.8 Å². The molecule has 0 radical (unpaired) electrons. The number of carbonyl (C=O) groups excluding carboxylic acids is 1. The molecule has 0 aliphatic heterocycles. The van der Waals surface area contributed by atoms with E-state index in [9.17, 15) is 4.79 Å². The summed E-state index contributed by atoms with van der Waals surface area (Å²) in [6.45, 7) is 2.18. The number of aromatic nitrogens is 1. The van der Waals surface area contributed by atoms with E-state index in [1.165, 1.54) is 4.88 Å². The Labute approximate surface area is 154 Å². The van der Waals surface area contributed by atoms with Crippen molar-refractivity contribution in [3.8, 4) is 0 Å². The topological polar surface area (TPSA) is 54.4 Å². The number of esters is 1. The van der Waals surface area contributed by atoms with E-state index in [2.05, 4.69) is 9.98 Å². The van der Waals surface area contributed by atoms with Crippen molar-refractivity contribution in [1.82, 2.24) is 4.98 Å². The SMILES string of the molecule is CCOC(=O)c1c(N=Cc2[nH]c3ccccc3c2Cl)sc2c1CCC2. The molecule has 0 unspecified atom stereocenters. The van der Waals surface area contributed by atoms with Gasteiger partial charge in [-0.2, -0.15) is 0 Å². The highest BCUT2D eigenvalue weighted by atomic mass is 35.5. The molecule has 0 saturated carbocycles. The molecule has 6 heteroatoms. The zero-order valence-electron chi connectivity index (χ0n) is 13.8. The molecule has 4 rings (SSSR count). The van der Waals surface area contributed by atoms with Crippen LogP contribution < -0.4 is 0 Å². The molecule has 1 N–H and O–H groups in total. The van der Waals surface area contributed by atoms with Crippen molar-refractivity contribution >= 4 is 51.0 Å². The van der Waals surface area contributed by atoms with E-state index >= 15 is 0 Å². The highest BCUT2D eigenvalue weighted by Crippen LogP contribution is 2.41. The van der Waals surface area contributed by atoms with Gasteiger partial charge in [-0.05, 0) is 37.8 Å². The van der Waals surface area contributed by atoms with Crippen molar-refractivity contribution in [1.29, 1.82) is 0 Å². The summed E-state index contributed by atoms with van der Waals surface area (Å²) in [6, 6.07) is 7.85. The molecule has 0 fully saturated rings. The summed E-state index contributed by atoms with van der Waals surface area (Å²) in [5.74, 6) is -0.281. The van der Waals surface area contributed by atoms with Crippen molar-refractivity contribution < 1.29 is 9.53 Å². The van der Waals surface area contributed by atoms with Crippen molar-refractivity contribution in [3.05, 3.63) is 51.0 Å². The molecule has 1 aromatic carbocycles. The maximum atomic E-state index is 12.4. The first kappa shape index (κ1) is 16.4. The van der Waals surface area contributed by atoms with Crippen molar-refractivity contribution in [2.75, 3.05) is 6.61 Å². The number of carbonyl (C=O) groups is 1. The summed E-state index contributed by atoms with van der Waals surface area (Å²) in [4.78, 5) is 21.5. The van der Waals surface area contributed by atoms with E-state index in [0.717, 1.165) is 41.4 Å². The maximum Gasteiger partial charge on any atom is 0.341 e. The molecule has 1 aliphatic rings. The monoisotopic (exact) mass is 372 g/mol. The Morgan fingerprint density at radius 3 is 3.04 bits per heavy atom. The van der Waals surface area contributed by atoms with Crippen LogP contribution in [0.25, 0.3) is 10.9 Å². The zero-order chi connectivity index (χ0) is 17.4. The van der Waals surface area contributed by atoms with Gasteiger partial charge in [-0.15, -0.1) is 11.3 Å². The smallest absolute Gasteiger partial charge is 0.341 e. The Morgan fingerprint density at radius 2 is 2.24 bits per heavy atom. The summed E-state index contributed by atoms with van der Waals surface area (Å²) in [5.41, 5.74) is 3.45. The first-order chi connectivity index (χ1) is 12.2. The predicted molar refractivity (Wildman–Crippen MR) is 103 cm³/mol. The Balaban J connectivity index is 1.73. The lowest BCUT2D eigenvalue weighted by Crippen LogP contribution is -2.06. The standard InChI is InChI=1S/C19H17ClN2O2S/c1-2-24-19(23)16-12-7-5-9-15(12)25-18(16)21-10-14-17(20)11-6-3-4-8-13(11)22-14/h3-4,6,8,10,22H,2,5,7,9H2,1H3. The lowest BCUT2D eigenvalue weighted by Gasteiger charge is -2.03. The number of nitrogens with one attached hydrogen (secondary N) is 1. The second-order valence-corrected chi connectivity index (χ2v) is 7.38. The van der Waals surface area contributed by atoms with Gasteiger partial charge in [0.1, 0.15) is 5.00 Å². The van der Waals surface area contributed by atoms with Crippen LogP contribution in [0.1, 0.15) is 39.8 Å². The molecule has 1 aliphatic carbocycles. The molecule has 0 spiro atoms. The number of aryl methyl sites for hydroxylation is 1. The van der Waals surface area contributed by atoms with Gasteiger partial charge in [-0.1, -0.05) is 29.8 Å². The Kier molecular flexibility index (Phi) is 4.36. The fourth-order valence-electron chi connectivity index (χ4n) is 3.24. The molecule has 2 aromatic heterocycles. The number of H-pyrrole nitrogens is 1. The number of halogens is 1. The van der Waals surface area contributed by atoms with Gasteiger partial charge < -0.3 is 9.72 Å². The predicted octanol–water partition coefficient (Wildman–Crippen LogP) is 5.30. The lowest BCUT2D eigenvalue weighted by molar-refractivity contribution is 0.0527. The van der Waals surface area contributed by atoms with E-state index in [4.69, 9.17) is 16.3 Å². The van der Waals surface area contributed by atoms with Gasteiger partial charge in [0.15, 0.2) is 0 Å². The molecule has 0 amide bonds. The zero-order valence-corrected chi connectivity index (χ0v) is 15.3. The van der Waals surface area contributed by atoms with E-state index in [0.29, 0.717) is 22.2 Å². The summed E-state index contributed by atoms with van der Waals surface area (Å²) in [5, 5.41) is 2.31. The molecule has 25 heavy (non-hydrogen) atoms. The van der Waals surface area contributed by atoms with Crippen LogP contribution in [0.2, 0.25) is 5.02 Å². The van der Waals surface area contributed by atoms with E-state index in [-0.39, 0.29) is 5.97 Å². The van der Waals surface area contributed by atoms with Crippen LogP contribution in [0.3, 0.4) is 0 Å². The average molecular weight is 373 g/mol. The number of fused-ring (bicyclic) bond motifs is 2. The Hall–Kier alpha value is -2.11. The average Bonchev–Trinajstić information content (AvgIpc) is 3.26. The summed E-state index contributed by atoms with van der Waals surface area (Å²) < 4.78 is 5.24. The van der Waals surface area contributed by atoms with Gasteiger partial charge in [0.2, 0.25) is 0 Å². The maximum absolute atomic E-state index is 12.4. The first-order valence-corrected chi connectivity index (χ1v) is 9.50. The molecule has 2 heterocycles. The number of thiophene rings is 1. The van der Waals surface area contributed by atoms with Crippen LogP contribution in [0.5, 0.6) is 0 Å². The second kappa shape index (κ2) is 6.65. The van der Waals surface area contributed by atoms with E-state index in [1.807, 2.05) is 31.2 Å². The van der Waals surface area contributed by atoms with Crippen molar-refractivity contribution in [3.63, 3.8) is 0 Å². The summed E-state index contributed by atoms with van der Waals surface area (Å²) in [6.07, 6.45) is 4.72. The van der Waals surface area contributed by atoms with Crippen LogP contribution in [0, 0.1) is 0 Å². The largest absolute Gasteiger partial charge is 0.462 e. The highest BCUT2D eigenvalue weighted by Gasteiger charge is 2.27. The van der Waals surface area contributed by atoms with Gasteiger partial charge in [-0.25, -0.2) is 9.79 Å². The molecule has 4 nitrogen and oxygen atoms in total. The lowest BCUT2D eigenvalue weighted by atomic mass is 10.1. The minimum absolute atomic E-state index is 0.281. The quantitative estimate of drug-likeness (QED) is 0.499. The van der Waals surface area contributed by atoms with Gasteiger partial charge >= 0.3 is 5.97 Å². The Morgan fingerprint density at radius 1 is 1.40 bits per heavy atom. The van der Waals surface area contributed by atoms with Crippen molar-refractivity contribution in [2.24, 2.45) is 4.99 Å². The number of para-hydroxylation sites is 1. The van der Waals surface area contributed by atoms with Crippen LogP contribution in [0.15, 0.2) is 29.3 Å². The van der Waals surface area contributed by atoms with Gasteiger partial charge in [0.25, 0.3) is 0 Å². The van der Waals surface area contributed by atoms with E-state index in [1.54, 1.807) is 17.6 Å². The number of ether oxygens (including phenoxy) is 1. The number of hydrogen-bond acceptors (Lipinski definition) is 4. The van der Waals surface area contributed by atoms with Gasteiger partial charge in [0, 0.05) is 15.8 Å². The third-order valence-electron chi connectivity index (χ3n) is 4.36. The number of hydrogen-bond donors (Lipinski definition) is 1. The number of nitrogens with zero attached hydrogens (tertiary/aromatic N) is 1. The van der Waals surface area contributed by atoms with Crippen LogP contribution >= 0.6 is 22.9 Å². The van der Waals surface area contributed by atoms with Crippen LogP contribution in [0.4, 0.5) is 5.00 Å². The number of aliphatic imine (C=N–C) groups is 1. The van der Waals surface area contributed by atoms with E-state index < -0.39 is 0 Å². The molecule has 3 aromatic rings. The normalized spacial score (nSPS) is 13.7. The highest BCUT2D eigenvalue weighted by molar-refractivity contribution is 7.16.